The number of anilines is 1. The average molecular weight is 471 g/mol. The number of para-hydroxylation sites is 2. The molecule has 0 atom stereocenters. The second kappa shape index (κ2) is 10.2. The number of carbonyl (C=O) groups is 2. The third-order valence-corrected chi connectivity index (χ3v) is 5.86. The van der Waals surface area contributed by atoms with Gasteiger partial charge in [0, 0.05) is 12.7 Å². The van der Waals surface area contributed by atoms with Crippen molar-refractivity contribution in [3.63, 3.8) is 0 Å². The summed E-state index contributed by atoms with van der Waals surface area (Å²) >= 11 is 0. The van der Waals surface area contributed by atoms with Gasteiger partial charge in [0.2, 0.25) is 11.8 Å². The van der Waals surface area contributed by atoms with Crippen LogP contribution in [0.3, 0.4) is 0 Å². The highest BCUT2D eigenvalue weighted by molar-refractivity contribution is 5.92. The smallest absolute Gasteiger partial charge is 0.336 e. The molecule has 0 fully saturated rings. The van der Waals surface area contributed by atoms with E-state index in [0.717, 1.165) is 22.1 Å². The number of nitrogens with zero attached hydrogens (tertiary/aromatic N) is 2. The highest BCUT2D eigenvalue weighted by Crippen LogP contribution is 2.16. The number of hydrogen-bond acceptors (Lipinski definition) is 4. The molecular weight excluding hydrogens is 444 g/mol. The van der Waals surface area contributed by atoms with Crippen LogP contribution in [0.25, 0.3) is 16.6 Å². The zero-order valence-corrected chi connectivity index (χ0v) is 19.6. The van der Waals surface area contributed by atoms with Crippen LogP contribution in [-0.4, -0.2) is 28.0 Å². The predicted molar refractivity (Wildman–Crippen MR) is 136 cm³/mol. The van der Waals surface area contributed by atoms with E-state index in [-0.39, 0.29) is 24.8 Å². The van der Waals surface area contributed by atoms with Crippen LogP contribution < -0.4 is 21.9 Å². The quantitative estimate of drug-likeness (QED) is 0.434. The number of aryl methyl sites for hydroxylation is 1. The molecule has 0 saturated carbocycles. The molecule has 0 aliphatic heterocycles. The van der Waals surface area contributed by atoms with E-state index in [0.29, 0.717) is 22.3 Å². The zero-order chi connectivity index (χ0) is 24.9. The second-order valence-electron chi connectivity index (χ2n) is 8.10. The van der Waals surface area contributed by atoms with Crippen molar-refractivity contribution in [2.24, 2.45) is 0 Å². The van der Waals surface area contributed by atoms with Gasteiger partial charge in [-0.25, -0.2) is 9.36 Å². The molecule has 1 heterocycles. The molecule has 8 heteroatoms. The molecule has 0 radical (unpaired) electrons. The Morgan fingerprint density at radius 2 is 1.54 bits per heavy atom. The van der Waals surface area contributed by atoms with Gasteiger partial charge in [-0.1, -0.05) is 49.4 Å². The number of likely N-dealkylation sites (N-methyl/N-ethyl adjacent to an activating group) is 1. The lowest BCUT2D eigenvalue weighted by Gasteiger charge is -2.15. The second-order valence-corrected chi connectivity index (χ2v) is 8.10. The summed E-state index contributed by atoms with van der Waals surface area (Å²) in [5, 5.41) is 5.77. The maximum absolute atomic E-state index is 13.5. The van der Waals surface area contributed by atoms with Crippen molar-refractivity contribution in [2.75, 3.05) is 12.4 Å². The van der Waals surface area contributed by atoms with Gasteiger partial charge in [-0.3, -0.25) is 19.0 Å². The first-order valence-electron chi connectivity index (χ1n) is 11.3. The Balaban J connectivity index is 1.76. The summed E-state index contributed by atoms with van der Waals surface area (Å²) in [5.74, 6) is -0.511. The SMILES string of the molecule is CCc1ccccc1NC(=O)Cn1c(=O)n(-c2ccc(CC(=O)NC)cc2)c(=O)c2ccccc21. The molecule has 0 aliphatic rings. The minimum Gasteiger partial charge on any atom is -0.359 e. The molecular formula is C27H26N4O4. The van der Waals surface area contributed by atoms with Crippen LogP contribution >= 0.6 is 0 Å². The van der Waals surface area contributed by atoms with E-state index >= 15 is 0 Å². The average Bonchev–Trinajstić information content (AvgIpc) is 2.88. The minimum atomic E-state index is -0.619. The Hall–Kier alpha value is -4.46. The van der Waals surface area contributed by atoms with Gasteiger partial charge in [0.1, 0.15) is 6.54 Å². The molecule has 178 valence electrons. The molecule has 4 rings (SSSR count). The number of aromatic nitrogens is 2. The normalized spacial score (nSPS) is 10.8. The van der Waals surface area contributed by atoms with E-state index in [4.69, 9.17) is 0 Å². The van der Waals surface area contributed by atoms with Crippen molar-refractivity contribution in [3.8, 4) is 5.69 Å². The molecule has 1 aromatic heterocycles. The third kappa shape index (κ3) is 4.91. The first-order chi connectivity index (χ1) is 16.9. The number of hydrogen-bond donors (Lipinski definition) is 2. The molecule has 0 spiro atoms. The van der Waals surface area contributed by atoms with Gasteiger partial charge in [0.15, 0.2) is 0 Å². The van der Waals surface area contributed by atoms with Crippen molar-refractivity contribution in [1.82, 2.24) is 14.5 Å². The van der Waals surface area contributed by atoms with Gasteiger partial charge in [0.05, 0.1) is 23.0 Å². The summed E-state index contributed by atoms with van der Waals surface area (Å²) in [4.78, 5) is 51.4. The summed E-state index contributed by atoms with van der Waals surface area (Å²) in [6.45, 7) is 1.74. The predicted octanol–water partition coefficient (Wildman–Crippen LogP) is 2.64. The van der Waals surface area contributed by atoms with Gasteiger partial charge >= 0.3 is 5.69 Å². The highest BCUT2D eigenvalue weighted by Gasteiger charge is 2.17. The Morgan fingerprint density at radius 1 is 0.857 bits per heavy atom. The van der Waals surface area contributed by atoms with Crippen molar-refractivity contribution < 1.29 is 9.59 Å². The lowest BCUT2D eigenvalue weighted by Crippen LogP contribution is -2.40. The third-order valence-electron chi connectivity index (χ3n) is 5.86. The Kier molecular flexibility index (Phi) is 6.91. The van der Waals surface area contributed by atoms with Crippen LogP contribution in [0.15, 0.2) is 82.4 Å². The first kappa shape index (κ1) is 23.7. The highest BCUT2D eigenvalue weighted by atomic mass is 16.2. The topological polar surface area (TPSA) is 102 Å². The summed E-state index contributed by atoms with van der Waals surface area (Å²) < 4.78 is 2.36. The molecule has 2 N–H and O–H groups in total. The number of amides is 2. The van der Waals surface area contributed by atoms with Crippen molar-refractivity contribution in [3.05, 3.63) is 105 Å². The van der Waals surface area contributed by atoms with Crippen LogP contribution in [-0.2, 0) is 29.0 Å². The molecule has 0 saturated heterocycles. The summed E-state index contributed by atoms with van der Waals surface area (Å²) in [5.41, 5.74) is 2.07. The van der Waals surface area contributed by atoms with Gasteiger partial charge in [-0.2, -0.15) is 0 Å². The minimum absolute atomic E-state index is 0.140. The monoisotopic (exact) mass is 470 g/mol. The number of rotatable bonds is 7. The summed E-state index contributed by atoms with van der Waals surface area (Å²) in [7, 11) is 1.56. The van der Waals surface area contributed by atoms with Crippen LogP contribution in [0.2, 0.25) is 0 Å². The van der Waals surface area contributed by atoms with Crippen LogP contribution in [0.5, 0.6) is 0 Å². The van der Waals surface area contributed by atoms with Crippen molar-refractivity contribution in [1.29, 1.82) is 0 Å². The van der Waals surface area contributed by atoms with E-state index in [9.17, 15) is 19.2 Å². The molecule has 3 aromatic carbocycles. The first-order valence-corrected chi connectivity index (χ1v) is 11.3. The molecule has 8 nitrogen and oxygen atoms in total. The molecule has 2 amide bonds. The number of benzene rings is 3. The summed E-state index contributed by atoms with van der Waals surface area (Å²) in [6, 6.07) is 20.9. The largest absolute Gasteiger partial charge is 0.359 e. The zero-order valence-electron chi connectivity index (χ0n) is 19.6. The Morgan fingerprint density at radius 3 is 2.26 bits per heavy atom. The number of nitrogens with one attached hydrogen (secondary N) is 2. The standard InChI is InChI=1S/C27H26N4O4/c1-3-19-8-4-6-10-22(19)29-25(33)17-30-23-11-7-5-9-21(23)26(34)31(27(30)35)20-14-12-18(13-15-20)16-24(32)28-2/h4-15H,3,16-17H2,1-2H3,(H,28,32)(H,29,33). The van der Waals surface area contributed by atoms with Crippen LogP contribution in [0.4, 0.5) is 5.69 Å². The van der Waals surface area contributed by atoms with E-state index in [1.54, 1.807) is 55.6 Å². The van der Waals surface area contributed by atoms with E-state index in [1.165, 1.54) is 4.57 Å². The fraction of sp³-hybridized carbons (Fsp3) is 0.185. The molecule has 35 heavy (non-hydrogen) atoms. The molecule has 0 bridgehead atoms. The van der Waals surface area contributed by atoms with Gasteiger partial charge < -0.3 is 10.6 Å². The van der Waals surface area contributed by atoms with E-state index in [2.05, 4.69) is 10.6 Å². The van der Waals surface area contributed by atoms with Crippen LogP contribution in [0.1, 0.15) is 18.1 Å². The van der Waals surface area contributed by atoms with Gasteiger partial charge in [0.25, 0.3) is 5.56 Å². The van der Waals surface area contributed by atoms with E-state index in [1.807, 2.05) is 31.2 Å². The number of fused-ring (bicyclic) bond motifs is 1. The summed E-state index contributed by atoms with van der Waals surface area (Å²) in [6.07, 6.45) is 0.938. The van der Waals surface area contributed by atoms with Crippen LogP contribution in [0, 0.1) is 0 Å². The molecule has 0 aliphatic carbocycles. The maximum atomic E-state index is 13.5. The van der Waals surface area contributed by atoms with Gasteiger partial charge in [-0.05, 0) is 47.9 Å². The Labute approximate surface area is 201 Å². The molecule has 0 unspecified atom stereocenters. The number of carbonyl (C=O) groups excluding carboxylic acids is 2. The molecule has 4 aromatic rings. The van der Waals surface area contributed by atoms with Crippen molar-refractivity contribution in [2.45, 2.75) is 26.3 Å². The maximum Gasteiger partial charge on any atom is 0.336 e. The van der Waals surface area contributed by atoms with Crippen molar-refractivity contribution >= 4 is 28.4 Å². The fourth-order valence-electron chi connectivity index (χ4n) is 4.02. The van der Waals surface area contributed by atoms with Gasteiger partial charge in [-0.15, -0.1) is 0 Å². The Bertz CT molecular complexity index is 1520. The lowest BCUT2D eigenvalue weighted by molar-refractivity contribution is -0.120. The fourth-order valence-corrected chi connectivity index (χ4v) is 4.02. The van der Waals surface area contributed by atoms with E-state index < -0.39 is 11.2 Å². The lowest BCUT2D eigenvalue weighted by atomic mass is 10.1.